The number of aromatic amines is 1. The van der Waals surface area contributed by atoms with Crippen molar-refractivity contribution in [2.45, 2.75) is 31.3 Å². The first-order chi connectivity index (χ1) is 15.0. The Morgan fingerprint density at radius 3 is 2.61 bits per heavy atom. The number of esters is 1. The van der Waals surface area contributed by atoms with Gasteiger partial charge >= 0.3 is 5.97 Å². The monoisotopic (exact) mass is 439 g/mol. The van der Waals surface area contributed by atoms with E-state index in [1.54, 1.807) is 30.5 Å². The van der Waals surface area contributed by atoms with Gasteiger partial charge in [-0.25, -0.2) is 4.79 Å². The summed E-state index contributed by atoms with van der Waals surface area (Å²) >= 11 is 6.13. The van der Waals surface area contributed by atoms with Gasteiger partial charge < -0.3 is 20.4 Å². The number of benzene rings is 2. The van der Waals surface area contributed by atoms with Crippen molar-refractivity contribution in [2.24, 2.45) is 0 Å². The van der Waals surface area contributed by atoms with Crippen LogP contribution in [-0.4, -0.2) is 41.5 Å². The smallest absolute Gasteiger partial charge is 0.329 e. The first kappa shape index (κ1) is 20.9. The molecule has 8 heteroatoms. The molecule has 0 spiro atoms. The quantitative estimate of drug-likeness (QED) is 0.470. The van der Waals surface area contributed by atoms with E-state index in [4.69, 9.17) is 16.3 Å². The fourth-order valence-corrected chi connectivity index (χ4v) is 3.55. The van der Waals surface area contributed by atoms with E-state index >= 15 is 0 Å². The fraction of sp³-hybridized carbons (Fsp3) is 0.261. The topological polar surface area (TPSA) is 100 Å². The highest BCUT2D eigenvalue weighted by Crippen LogP contribution is 2.21. The molecule has 0 radical (unpaired) electrons. The third-order valence-corrected chi connectivity index (χ3v) is 5.42. The summed E-state index contributed by atoms with van der Waals surface area (Å²) in [6.45, 7) is -0.387. The van der Waals surface area contributed by atoms with Crippen LogP contribution in [0.1, 0.15) is 28.8 Å². The van der Waals surface area contributed by atoms with Crippen LogP contribution in [0.4, 0.5) is 0 Å². The van der Waals surface area contributed by atoms with Crippen molar-refractivity contribution in [3.63, 3.8) is 0 Å². The molecule has 1 fully saturated rings. The van der Waals surface area contributed by atoms with E-state index in [2.05, 4.69) is 15.6 Å². The van der Waals surface area contributed by atoms with Crippen molar-refractivity contribution in [1.29, 1.82) is 0 Å². The minimum Gasteiger partial charge on any atom is -0.454 e. The van der Waals surface area contributed by atoms with Gasteiger partial charge in [-0.15, -0.1) is 0 Å². The first-order valence-electron chi connectivity index (χ1n) is 10.1. The number of nitrogens with one attached hydrogen (secondary N) is 3. The van der Waals surface area contributed by atoms with Gasteiger partial charge in [0, 0.05) is 29.6 Å². The number of halogens is 1. The second kappa shape index (κ2) is 9.22. The van der Waals surface area contributed by atoms with Gasteiger partial charge in [0.25, 0.3) is 11.8 Å². The predicted octanol–water partition coefficient (Wildman–Crippen LogP) is 2.98. The standard InChI is InChI=1S/C23H22ClN3O4/c24-18-7-3-1-6-17(18)22(29)27-20(23(30)31-13-21(28)26-15-9-10-15)11-14-12-25-19-8-4-2-5-16(14)19/h1-8,12,15,20,25H,9-11,13H2,(H,26,28)(H,27,29)/t20-/m0/s1. The molecule has 1 aliphatic carbocycles. The van der Waals surface area contributed by atoms with Crippen LogP contribution in [-0.2, 0) is 20.7 Å². The molecule has 0 aliphatic heterocycles. The van der Waals surface area contributed by atoms with Gasteiger partial charge in [0.1, 0.15) is 6.04 Å². The summed E-state index contributed by atoms with van der Waals surface area (Å²) in [5, 5.41) is 6.70. The second-order valence-electron chi connectivity index (χ2n) is 7.52. The van der Waals surface area contributed by atoms with Crippen molar-refractivity contribution < 1.29 is 19.1 Å². The number of para-hydroxylation sites is 1. The van der Waals surface area contributed by atoms with Crippen LogP contribution in [0, 0.1) is 0 Å². The van der Waals surface area contributed by atoms with Crippen molar-refractivity contribution in [1.82, 2.24) is 15.6 Å². The molecule has 31 heavy (non-hydrogen) atoms. The number of hydrogen-bond donors (Lipinski definition) is 3. The lowest BCUT2D eigenvalue weighted by molar-refractivity contribution is -0.150. The number of hydrogen-bond acceptors (Lipinski definition) is 4. The minimum absolute atomic E-state index is 0.174. The number of ether oxygens (including phenoxy) is 1. The highest BCUT2D eigenvalue weighted by molar-refractivity contribution is 6.33. The van der Waals surface area contributed by atoms with Crippen LogP contribution in [0.2, 0.25) is 5.02 Å². The Morgan fingerprint density at radius 1 is 1.10 bits per heavy atom. The molecule has 1 saturated carbocycles. The molecule has 1 aliphatic rings. The summed E-state index contributed by atoms with van der Waals surface area (Å²) in [5.41, 5.74) is 2.03. The van der Waals surface area contributed by atoms with Gasteiger partial charge in [0.2, 0.25) is 0 Å². The summed E-state index contributed by atoms with van der Waals surface area (Å²) in [5.74, 6) is -1.52. The molecule has 1 heterocycles. The Morgan fingerprint density at radius 2 is 1.84 bits per heavy atom. The summed E-state index contributed by atoms with van der Waals surface area (Å²) in [4.78, 5) is 40.6. The maximum atomic E-state index is 12.8. The zero-order valence-electron chi connectivity index (χ0n) is 16.7. The number of H-pyrrole nitrogens is 1. The molecular formula is C23H22ClN3O4. The summed E-state index contributed by atoms with van der Waals surface area (Å²) in [7, 11) is 0. The largest absolute Gasteiger partial charge is 0.454 e. The molecule has 0 saturated heterocycles. The third kappa shape index (κ3) is 5.24. The molecule has 3 aromatic rings. The predicted molar refractivity (Wildman–Crippen MR) is 117 cm³/mol. The molecule has 0 unspecified atom stereocenters. The second-order valence-corrected chi connectivity index (χ2v) is 7.93. The molecule has 0 bridgehead atoms. The Bertz CT molecular complexity index is 1120. The van der Waals surface area contributed by atoms with Gasteiger partial charge in [-0.3, -0.25) is 9.59 Å². The third-order valence-electron chi connectivity index (χ3n) is 5.10. The lowest BCUT2D eigenvalue weighted by Gasteiger charge is -2.18. The van der Waals surface area contributed by atoms with Gasteiger partial charge in [-0.05, 0) is 36.6 Å². The Hall–Kier alpha value is -3.32. The number of rotatable bonds is 8. The van der Waals surface area contributed by atoms with Crippen molar-refractivity contribution >= 4 is 40.3 Å². The minimum atomic E-state index is -0.989. The number of carbonyl (C=O) groups excluding carboxylic acids is 3. The average molecular weight is 440 g/mol. The molecule has 7 nitrogen and oxygen atoms in total. The molecule has 2 aromatic carbocycles. The Balaban J connectivity index is 1.50. The maximum absolute atomic E-state index is 12.8. The lowest BCUT2D eigenvalue weighted by atomic mass is 10.0. The summed E-state index contributed by atoms with van der Waals surface area (Å²) in [6, 6.07) is 13.4. The lowest BCUT2D eigenvalue weighted by Crippen LogP contribution is -2.44. The van der Waals surface area contributed by atoms with Crippen LogP contribution in [0.15, 0.2) is 54.7 Å². The van der Waals surface area contributed by atoms with E-state index in [0.717, 1.165) is 29.3 Å². The van der Waals surface area contributed by atoms with Crippen LogP contribution < -0.4 is 10.6 Å². The molecular weight excluding hydrogens is 418 g/mol. The van der Waals surface area contributed by atoms with Crippen LogP contribution in [0.3, 0.4) is 0 Å². The first-order valence-corrected chi connectivity index (χ1v) is 10.5. The van der Waals surface area contributed by atoms with Gasteiger partial charge in [0.05, 0.1) is 10.6 Å². The maximum Gasteiger partial charge on any atom is 0.329 e. The van der Waals surface area contributed by atoms with Crippen LogP contribution >= 0.6 is 11.6 Å². The van der Waals surface area contributed by atoms with Gasteiger partial charge in [-0.2, -0.15) is 0 Å². The normalized spacial score (nSPS) is 14.1. The molecule has 4 rings (SSSR count). The van der Waals surface area contributed by atoms with Gasteiger partial charge in [-0.1, -0.05) is 41.9 Å². The SMILES string of the molecule is O=C(COC(=O)[C@H](Cc1c[nH]c2ccccc12)NC(=O)c1ccccc1Cl)NC1CC1. The fourth-order valence-electron chi connectivity index (χ4n) is 3.33. The number of fused-ring (bicyclic) bond motifs is 1. The van der Waals surface area contributed by atoms with E-state index in [-0.39, 0.29) is 35.6 Å². The van der Waals surface area contributed by atoms with E-state index in [0.29, 0.717) is 0 Å². The number of aromatic nitrogens is 1. The highest BCUT2D eigenvalue weighted by Gasteiger charge is 2.27. The van der Waals surface area contributed by atoms with Crippen molar-refractivity contribution in [3.8, 4) is 0 Å². The number of amides is 2. The zero-order chi connectivity index (χ0) is 21.8. The zero-order valence-corrected chi connectivity index (χ0v) is 17.4. The molecule has 160 valence electrons. The Labute approximate surface area is 184 Å². The van der Waals surface area contributed by atoms with E-state index < -0.39 is 17.9 Å². The highest BCUT2D eigenvalue weighted by atomic mass is 35.5. The van der Waals surface area contributed by atoms with Gasteiger partial charge in [0.15, 0.2) is 6.61 Å². The molecule has 1 aromatic heterocycles. The van der Waals surface area contributed by atoms with E-state index in [1.807, 2.05) is 24.3 Å². The number of carbonyl (C=O) groups is 3. The van der Waals surface area contributed by atoms with E-state index in [1.165, 1.54) is 0 Å². The van der Waals surface area contributed by atoms with E-state index in [9.17, 15) is 14.4 Å². The van der Waals surface area contributed by atoms with Crippen molar-refractivity contribution in [3.05, 3.63) is 70.9 Å². The molecule has 1 atom stereocenters. The average Bonchev–Trinajstić information content (AvgIpc) is 3.49. The molecule has 3 N–H and O–H groups in total. The van der Waals surface area contributed by atoms with Crippen LogP contribution in [0.5, 0.6) is 0 Å². The van der Waals surface area contributed by atoms with Crippen molar-refractivity contribution in [2.75, 3.05) is 6.61 Å². The Kier molecular flexibility index (Phi) is 6.23. The summed E-state index contributed by atoms with van der Waals surface area (Å²) in [6.07, 6.45) is 3.88. The molecule has 2 amide bonds. The summed E-state index contributed by atoms with van der Waals surface area (Å²) < 4.78 is 5.21. The van der Waals surface area contributed by atoms with Crippen LogP contribution in [0.25, 0.3) is 10.9 Å².